The lowest BCUT2D eigenvalue weighted by molar-refractivity contribution is -0.0995. The number of carbonyl (C=O) groups is 1. The Balaban J connectivity index is 1.91. The van der Waals surface area contributed by atoms with E-state index in [1.54, 1.807) is 0 Å². The molecule has 0 aliphatic heterocycles. The normalized spacial score (nSPS) is 32.6. The molecular weight excluding hydrogens is 300 g/mol. The summed E-state index contributed by atoms with van der Waals surface area (Å²) >= 11 is 0. The summed E-state index contributed by atoms with van der Waals surface area (Å²) in [5.74, 6) is 0. The van der Waals surface area contributed by atoms with Crippen LogP contribution in [-0.4, -0.2) is 31.9 Å². The van der Waals surface area contributed by atoms with Crippen LogP contribution in [0.5, 0.6) is 0 Å². The molecule has 0 radical (unpaired) electrons. The molecule has 0 saturated heterocycles. The molecule has 3 aliphatic carbocycles. The predicted octanol–water partition coefficient (Wildman–Crippen LogP) is 3.36. The Morgan fingerprint density at radius 3 is 2.05 bits per heavy atom. The maximum atomic E-state index is 12.1. The Labute approximate surface area is 135 Å². The van der Waals surface area contributed by atoms with Crippen LogP contribution in [0.4, 0.5) is 4.79 Å². The van der Waals surface area contributed by atoms with Gasteiger partial charge in [0.25, 0.3) is 0 Å². The third-order valence-electron chi connectivity index (χ3n) is 4.31. The van der Waals surface area contributed by atoms with Gasteiger partial charge in [-0.05, 0) is 67.7 Å². The molecule has 1 N–H and O–H groups in total. The number of hydrogen-bond donors (Lipinski definition) is 1. The summed E-state index contributed by atoms with van der Waals surface area (Å²) in [6, 6.07) is 0. The molecule has 6 heteroatoms. The van der Waals surface area contributed by atoms with Crippen LogP contribution in [0.3, 0.4) is 0 Å². The van der Waals surface area contributed by atoms with Gasteiger partial charge >= 0.3 is 6.09 Å². The van der Waals surface area contributed by atoms with Gasteiger partial charge in [-0.2, -0.15) is 4.40 Å². The van der Waals surface area contributed by atoms with Crippen LogP contribution in [-0.2, 0) is 15.7 Å². The SMILES string of the molecule is CC(=N[S@@](=O)C(C)(C)C)C12CC(NC(=O)OC(C)(C)C)(C1)C2. The first kappa shape index (κ1) is 17.4. The second-order valence-electron chi connectivity index (χ2n) is 8.76. The van der Waals surface area contributed by atoms with Gasteiger partial charge in [0, 0.05) is 16.7 Å². The van der Waals surface area contributed by atoms with E-state index in [1.165, 1.54) is 0 Å². The number of amides is 1. The minimum absolute atomic E-state index is 0.0376. The van der Waals surface area contributed by atoms with Crippen molar-refractivity contribution in [2.24, 2.45) is 9.81 Å². The zero-order chi connectivity index (χ0) is 17.0. The van der Waals surface area contributed by atoms with Crippen molar-refractivity contribution in [2.75, 3.05) is 0 Å². The molecule has 22 heavy (non-hydrogen) atoms. The van der Waals surface area contributed by atoms with Gasteiger partial charge in [0.2, 0.25) is 0 Å². The van der Waals surface area contributed by atoms with E-state index in [1.807, 2.05) is 48.5 Å². The zero-order valence-electron chi connectivity index (χ0n) is 14.7. The third kappa shape index (κ3) is 3.36. The summed E-state index contributed by atoms with van der Waals surface area (Å²) in [5.41, 5.74) is 0.374. The summed E-state index contributed by atoms with van der Waals surface area (Å²) in [5, 5.41) is 2.99. The predicted molar refractivity (Wildman–Crippen MR) is 89.4 cm³/mol. The van der Waals surface area contributed by atoms with Crippen LogP contribution in [0.25, 0.3) is 0 Å². The molecule has 0 aromatic rings. The Kier molecular flexibility index (Phi) is 4.00. The van der Waals surface area contributed by atoms with Gasteiger partial charge in [-0.1, -0.05) is 0 Å². The molecule has 0 unspecified atom stereocenters. The second-order valence-corrected chi connectivity index (χ2v) is 10.7. The van der Waals surface area contributed by atoms with Crippen LogP contribution >= 0.6 is 0 Å². The maximum Gasteiger partial charge on any atom is 0.408 e. The van der Waals surface area contributed by atoms with Crippen LogP contribution in [0, 0.1) is 5.41 Å². The summed E-state index contributed by atoms with van der Waals surface area (Å²) in [4.78, 5) is 11.9. The lowest BCUT2D eigenvalue weighted by Gasteiger charge is -2.70. The van der Waals surface area contributed by atoms with Crippen LogP contribution in [0.15, 0.2) is 4.40 Å². The van der Waals surface area contributed by atoms with Gasteiger partial charge < -0.3 is 10.1 Å². The second kappa shape index (κ2) is 5.05. The molecule has 3 saturated carbocycles. The number of ether oxygens (including phenoxy) is 1. The minimum atomic E-state index is -1.22. The van der Waals surface area contributed by atoms with Crippen molar-refractivity contribution in [3.63, 3.8) is 0 Å². The van der Waals surface area contributed by atoms with Crippen LogP contribution in [0.2, 0.25) is 0 Å². The summed E-state index contributed by atoms with van der Waals surface area (Å²) in [6.45, 7) is 13.3. The number of carbonyl (C=O) groups excluding carboxylic acids is 1. The molecule has 1 atom stereocenters. The maximum absolute atomic E-state index is 12.1. The third-order valence-corrected chi connectivity index (χ3v) is 5.80. The lowest BCUT2D eigenvalue weighted by atomic mass is 9.38. The summed E-state index contributed by atoms with van der Waals surface area (Å²) in [6.07, 6.45) is 2.26. The molecule has 3 rings (SSSR count). The standard InChI is InChI=1S/C16H28N2O3S/c1-11(18-22(20)14(5,6)7)15-8-16(9-15,10-15)17-12(19)21-13(2,3)4/h8-10H2,1-7H3,(H,17,19)/t15?,16?,22-/m0/s1. The van der Waals surface area contributed by atoms with E-state index in [9.17, 15) is 9.00 Å². The van der Waals surface area contributed by atoms with Gasteiger partial charge in [-0.25, -0.2) is 9.00 Å². The monoisotopic (exact) mass is 328 g/mol. The van der Waals surface area contributed by atoms with Gasteiger partial charge in [0.15, 0.2) is 0 Å². The first-order chi connectivity index (χ1) is 9.77. The number of nitrogens with one attached hydrogen (secondary N) is 1. The molecule has 2 bridgehead atoms. The van der Waals surface area contributed by atoms with Crippen molar-refractivity contribution in [3.8, 4) is 0 Å². The topological polar surface area (TPSA) is 67.8 Å². The number of alkyl carbamates (subject to hydrolysis) is 1. The summed E-state index contributed by atoms with van der Waals surface area (Å²) in [7, 11) is -1.22. The van der Waals surface area contributed by atoms with Gasteiger partial charge in [0.1, 0.15) is 16.6 Å². The molecule has 5 nitrogen and oxygen atoms in total. The smallest absolute Gasteiger partial charge is 0.408 e. The Morgan fingerprint density at radius 2 is 1.64 bits per heavy atom. The average Bonchev–Trinajstić information content (AvgIpc) is 2.16. The molecule has 0 spiro atoms. The molecule has 126 valence electrons. The highest BCUT2D eigenvalue weighted by Crippen LogP contribution is 2.68. The number of hydrogen-bond acceptors (Lipinski definition) is 3. The molecule has 3 aliphatic rings. The highest BCUT2D eigenvalue weighted by atomic mass is 32.2. The highest BCUT2D eigenvalue weighted by molar-refractivity contribution is 7.85. The molecule has 0 aromatic carbocycles. The van der Waals surface area contributed by atoms with Crippen molar-refractivity contribution >= 4 is 22.8 Å². The van der Waals surface area contributed by atoms with E-state index >= 15 is 0 Å². The Morgan fingerprint density at radius 1 is 1.14 bits per heavy atom. The number of rotatable bonds is 3. The van der Waals surface area contributed by atoms with E-state index in [0.29, 0.717) is 0 Å². The van der Waals surface area contributed by atoms with Crippen LogP contribution < -0.4 is 5.32 Å². The molecule has 0 heterocycles. The highest BCUT2D eigenvalue weighted by Gasteiger charge is 2.70. The first-order valence-electron chi connectivity index (χ1n) is 7.76. The fourth-order valence-electron chi connectivity index (χ4n) is 3.18. The van der Waals surface area contributed by atoms with Crippen molar-refractivity contribution in [2.45, 2.75) is 83.6 Å². The van der Waals surface area contributed by atoms with Crippen molar-refractivity contribution < 1.29 is 13.7 Å². The fraction of sp³-hybridized carbons (Fsp3) is 0.875. The fourth-order valence-corrected chi connectivity index (χ4v) is 3.90. The number of nitrogens with zero attached hydrogens (tertiary/aromatic N) is 1. The van der Waals surface area contributed by atoms with Gasteiger partial charge in [-0.15, -0.1) is 0 Å². The van der Waals surface area contributed by atoms with Crippen LogP contribution in [0.1, 0.15) is 67.7 Å². The lowest BCUT2D eigenvalue weighted by Crippen LogP contribution is -2.76. The Bertz CT molecular complexity index is 521. The molecule has 3 fully saturated rings. The van der Waals surface area contributed by atoms with Crippen molar-refractivity contribution in [3.05, 3.63) is 0 Å². The Hall–Kier alpha value is -0.910. The van der Waals surface area contributed by atoms with Gasteiger partial charge in [0.05, 0.1) is 4.75 Å². The van der Waals surface area contributed by atoms with Crippen molar-refractivity contribution in [1.29, 1.82) is 0 Å². The van der Waals surface area contributed by atoms with E-state index in [-0.39, 0.29) is 21.8 Å². The van der Waals surface area contributed by atoms with E-state index in [4.69, 9.17) is 4.74 Å². The quantitative estimate of drug-likeness (QED) is 0.808. The largest absolute Gasteiger partial charge is 0.444 e. The average molecular weight is 328 g/mol. The zero-order valence-corrected chi connectivity index (χ0v) is 15.5. The molecule has 0 aromatic heterocycles. The first-order valence-corrected chi connectivity index (χ1v) is 8.87. The van der Waals surface area contributed by atoms with Crippen molar-refractivity contribution in [1.82, 2.24) is 5.32 Å². The van der Waals surface area contributed by atoms with E-state index in [0.717, 1.165) is 25.0 Å². The molecule has 1 amide bonds. The minimum Gasteiger partial charge on any atom is -0.444 e. The summed E-state index contributed by atoms with van der Waals surface area (Å²) < 4.78 is 21.5. The van der Waals surface area contributed by atoms with E-state index < -0.39 is 16.6 Å². The van der Waals surface area contributed by atoms with Gasteiger partial charge in [-0.3, -0.25) is 0 Å². The van der Waals surface area contributed by atoms with E-state index in [2.05, 4.69) is 9.71 Å². The molecular formula is C16H28N2O3S.